The number of amides is 1. The molecule has 0 bridgehead atoms. The molecule has 0 unspecified atom stereocenters. The quantitative estimate of drug-likeness (QED) is 0.732. The summed E-state index contributed by atoms with van der Waals surface area (Å²) in [7, 11) is 0. The Morgan fingerprint density at radius 3 is 2.94 bits per heavy atom. The van der Waals surface area contributed by atoms with Gasteiger partial charge in [0.15, 0.2) is 5.69 Å². The molecule has 1 aliphatic heterocycles. The summed E-state index contributed by atoms with van der Waals surface area (Å²) in [4.78, 5) is 12.0. The third-order valence-electron chi connectivity index (χ3n) is 3.46. The predicted octanol–water partition coefficient (Wildman–Crippen LogP) is 0.759. The van der Waals surface area contributed by atoms with Crippen LogP contribution in [0.3, 0.4) is 0 Å². The number of nitrogens with zero attached hydrogens (tertiary/aromatic N) is 1. The molecule has 6 heteroatoms. The molecule has 0 atom stereocenters. The molecule has 2 aliphatic rings. The molecule has 0 saturated heterocycles. The molecular formula is C11H17ClN4O. The molecule has 1 saturated carbocycles. The van der Waals surface area contributed by atoms with Gasteiger partial charge in [-0.3, -0.25) is 9.89 Å². The fourth-order valence-corrected chi connectivity index (χ4v) is 2.22. The summed E-state index contributed by atoms with van der Waals surface area (Å²) in [5.74, 6) is -0.0223. The molecular weight excluding hydrogens is 240 g/mol. The number of nitrogens with one attached hydrogen (secondary N) is 3. The first-order chi connectivity index (χ1) is 7.84. The standard InChI is InChI=1S/C11H16N4O.ClH/c16-11(13-7-2-1-3-7)10-8-6-12-5-4-9(8)14-15-10;/h7,12H,1-6H2,(H,13,16)(H,14,15);1H. The molecule has 1 aliphatic carbocycles. The average molecular weight is 257 g/mol. The van der Waals surface area contributed by atoms with Crippen LogP contribution >= 0.6 is 12.4 Å². The average Bonchev–Trinajstić information content (AvgIpc) is 2.67. The third kappa shape index (κ3) is 2.30. The second kappa shape index (κ2) is 5.06. The van der Waals surface area contributed by atoms with E-state index in [9.17, 15) is 4.79 Å². The normalized spacial score (nSPS) is 18.8. The van der Waals surface area contributed by atoms with Gasteiger partial charge < -0.3 is 10.6 Å². The molecule has 17 heavy (non-hydrogen) atoms. The van der Waals surface area contributed by atoms with Gasteiger partial charge in [0.05, 0.1) is 0 Å². The largest absolute Gasteiger partial charge is 0.348 e. The van der Waals surface area contributed by atoms with Crippen molar-refractivity contribution < 1.29 is 4.79 Å². The van der Waals surface area contributed by atoms with Crippen LogP contribution in [0.15, 0.2) is 0 Å². The first-order valence-corrected chi connectivity index (χ1v) is 5.92. The van der Waals surface area contributed by atoms with Crippen LogP contribution in [0, 0.1) is 0 Å². The maximum atomic E-state index is 12.0. The van der Waals surface area contributed by atoms with E-state index in [2.05, 4.69) is 20.8 Å². The van der Waals surface area contributed by atoms with Gasteiger partial charge >= 0.3 is 0 Å². The first kappa shape index (κ1) is 12.4. The van der Waals surface area contributed by atoms with E-state index in [0.29, 0.717) is 11.7 Å². The van der Waals surface area contributed by atoms with Gasteiger partial charge in [0.25, 0.3) is 5.91 Å². The highest BCUT2D eigenvalue weighted by Gasteiger charge is 2.25. The summed E-state index contributed by atoms with van der Waals surface area (Å²) in [5, 5.41) is 13.4. The third-order valence-corrected chi connectivity index (χ3v) is 3.46. The molecule has 3 rings (SSSR count). The van der Waals surface area contributed by atoms with E-state index in [1.54, 1.807) is 0 Å². The van der Waals surface area contributed by atoms with E-state index in [-0.39, 0.29) is 18.3 Å². The van der Waals surface area contributed by atoms with Crippen LogP contribution in [0.2, 0.25) is 0 Å². The Labute approximate surface area is 106 Å². The molecule has 2 heterocycles. The number of halogens is 1. The molecule has 0 aromatic carbocycles. The number of aromatic amines is 1. The molecule has 3 N–H and O–H groups in total. The molecule has 94 valence electrons. The highest BCUT2D eigenvalue weighted by Crippen LogP contribution is 2.20. The minimum atomic E-state index is -0.0223. The summed E-state index contributed by atoms with van der Waals surface area (Å²) in [5.41, 5.74) is 2.73. The maximum Gasteiger partial charge on any atom is 0.272 e. The van der Waals surface area contributed by atoms with Gasteiger partial charge in [-0.05, 0) is 19.3 Å². The van der Waals surface area contributed by atoms with Crippen molar-refractivity contribution in [3.05, 3.63) is 17.0 Å². The van der Waals surface area contributed by atoms with Crippen LogP contribution in [-0.4, -0.2) is 28.7 Å². The number of hydrogen-bond acceptors (Lipinski definition) is 3. The van der Waals surface area contributed by atoms with Crippen molar-refractivity contribution in [2.45, 2.75) is 38.3 Å². The number of fused-ring (bicyclic) bond motifs is 1. The van der Waals surface area contributed by atoms with Gasteiger partial charge in [-0.1, -0.05) is 0 Å². The molecule has 0 radical (unpaired) electrons. The van der Waals surface area contributed by atoms with Crippen LogP contribution in [-0.2, 0) is 13.0 Å². The van der Waals surface area contributed by atoms with E-state index < -0.39 is 0 Å². The van der Waals surface area contributed by atoms with Crippen LogP contribution in [0.4, 0.5) is 0 Å². The minimum absolute atomic E-state index is 0. The van der Waals surface area contributed by atoms with E-state index in [4.69, 9.17) is 0 Å². The van der Waals surface area contributed by atoms with Gasteiger partial charge in [-0.2, -0.15) is 5.10 Å². The van der Waals surface area contributed by atoms with E-state index in [0.717, 1.165) is 43.6 Å². The van der Waals surface area contributed by atoms with Gasteiger partial charge in [0.1, 0.15) is 0 Å². The summed E-state index contributed by atoms with van der Waals surface area (Å²) in [6, 6.07) is 0.372. The number of H-pyrrole nitrogens is 1. The van der Waals surface area contributed by atoms with Crippen molar-refractivity contribution in [3.8, 4) is 0 Å². The van der Waals surface area contributed by atoms with E-state index in [1.165, 1.54) is 6.42 Å². The topological polar surface area (TPSA) is 69.8 Å². The Morgan fingerprint density at radius 2 is 2.24 bits per heavy atom. The summed E-state index contributed by atoms with van der Waals surface area (Å²) in [6.45, 7) is 1.71. The summed E-state index contributed by atoms with van der Waals surface area (Å²) < 4.78 is 0. The van der Waals surface area contributed by atoms with E-state index in [1.807, 2.05) is 0 Å². The smallest absolute Gasteiger partial charge is 0.272 e. The molecule has 5 nitrogen and oxygen atoms in total. The van der Waals surface area contributed by atoms with Crippen LogP contribution in [0.25, 0.3) is 0 Å². The van der Waals surface area contributed by atoms with Gasteiger partial charge in [-0.15, -0.1) is 12.4 Å². The molecule has 1 aromatic rings. The van der Waals surface area contributed by atoms with Crippen molar-refractivity contribution in [2.24, 2.45) is 0 Å². The molecule has 1 fully saturated rings. The Balaban J connectivity index is 0.00000108. The second-order valence-corrected chi connectivity index (χ2v) is 4.56. The molecule has 0 spiro atoms. The van der Waals surface area contributed by atoms with Gasteiger partial charge in [0.2, 0.25) is 0 Å². The zero-order valence-electron chi connectivity index (χ0n) is 9.58. The predicted molar refractivity (Wildman–Crippen MR) is 66.4 cm³/mol. The van der Waals surface area contributed by atoms with Crippen LogP contribution in [0.5, 0.6) is 0 Å². The van der Waals surface area contributed by atoms with Gasteiger partial charge in [0, 0.05) is 36.8 Å². The van der Waals surface area contributed by atoms with Crippen molar-refractivity contribution in [3.63, 3.8) is 0 Å². The Bertz CT molecular complexity index is 414. The van der Waals surface area contributed by atoms with Crippen molar-refractivity contribution in [1.82, 2.24) is 20.8 Å². The van der Waals surface area contributed by atoms with Crippen LogP contribution < -0.4 is 10.6 Å². The number of rotatable bonds is 2. The zero-order valence-corrected chi connectivity index (χ0v) is 10.4. The summed E-state index contributed by atoms with van der Waals surface area (Å²) >= 11 is 0. The van der Waals surface area contributed by atoms with Crippen molar-refractivity contribution in [2.75, 3.05) is 6.54 Å². The highest BCUT2D eigenvalue weighted by atomic mass is 35.5. The SMILES string of the molecule is Cl.O=C(NC1CCC1)c1n[nH]c2c1CNCC2. The Kier molecular flexibility index (Phi) is 3.69. The van der Waals surface area contributed by atoms with Crippen molar-refractivity contribution in [1.29, 1.82) is 0 Å². The lowest BCUT2D eigenvalue weighted by atomic mass is 9.93. The monoisotopic (exact) mass is 256 g/mol. The number of hydrogen-bond donors (Lipinski definition) is 3. The second-order valence-electron chi connectivity index (χ2n) is 4.56. The van der Waals surface area contributed by atoms with Crippen LogP contribution in [0.1, 0.15) is 41.0 Å². The fraction of sp³-hybridized carbons (Fsp3) is 0.636. The maximum absolute atomic E-state index is 12.0. The highest BCUT2D eigenvalue weighted by molar-refractivity contribution is 5.94. The molecule has 1 amide bonds. The molecule has 1 aromatic heterocycles. The van der Waals surface area contributed by atoms with E-state index >= 15 is 0 Å². The van der Waals surface area contributed by atoms with Crippen molar-refractivity contribution >= 4 is 18.3 Å². The summed E-state index contributed by atoms with van der Waals surface area (Å²) in [6.07, 6.45) is 4.37. The number of carbonyl (C=O) groups is 1. The number of carbonyl (C=O) groups excluding carboxylic acids is 1. The lowest BCUT2D eigenvalue weighted by Gasteiger charge is -2.26. The fourth-order valence-electron chi connectivity index (χ4n) is 2.22. The van der Waals surface area contributed by atoms with Gasteiger partial charge in [-0.25, -0.2) is 0 Å². The Morgan fingerprint density at radius 1 is 1.41 bits per heavy atom. The zero-order chi connectivity index (χ0) is 11.0. The first-order valence-electron chi connectivity index (χ1n) is 5.92. The lowest BCUT2D eigenvalue weighted by molar-refractivity contribution is 0.0910. The number of aromatic nitrogens is 2. The lowest BCUT2D eigenvalue weighted by Crippen LogP contribution is -2.40. The Hall–Kier alpha value is -1.07. The minimum Gasteiger partial charge on any atom is -0.348 e.